The quantitative estimate of drug-likeness (QED) is 0.471. The number of carbonyl (C=O) groups excluding carboxylic acids is 1. The number of aliphatic hydroxyl groups is 1. The predicted octanol–water partition coefficient (Wildman–Crippen LogP) is 4.75. The number of sulfone groups is 1. The van der Waals surface area contributed by atoms with Crippen LogP contribution in [0.5, 0.6) is 0 Å². The summed E-state index contributed by atoms with van der Waals surface area (Å²) in [7, 11) is -3.96. The summed E-state index contributed by atoms with van der Waals surface area (Å²) >= 11 is 6.14. The fraction of sp³-hybridized carbons (Fsp3) is 0.318. The first-order chi connectivity index (χ1) is 14.9. The third kappa shape index (κ3) is 4.69. The lowest BCUT2D eigenvalue weighted by Gasteiger charge is -2.34. The Morgan fingerprint density at radius 2 is 1.84 bits per heavy atom. The van der Waals surface area contributed by atoms with Crippen molar-refractivity contribution < 1.29 is 31.5 Å². The zero-order valence-electron chi connectivity index (χ0n) is 17.0. The maximum atomic E-state index is 13.4. The summed E-state index contributed by atoms with van der Waals surface area (Å²) in [5.74, 6) is -5.79. The van der Waals surface area contributed by atoms with Gasteiger partial charge < -0.3 is 10.4 Å². The molecular formula is C22H21ClF3NO4S. The highest BCUT2D eigenvalue weighted by Gasteiger charge is 2.38. The van der Waals surface area contributed by atoms with Crippen LogP contribution in [-0.2, 0) is 9.84 Å². The number of hydrogen-bond acceptors (Lipinski definition) is 4. The molecule has 1 unspecified atom stereocenters. The molecule has 1 aliphatic carbocycles. The van der Waals surface area contributed by atoms with Crippen LogP contribution in [0.1, 0.15) is 30.1 Å². The van der Waals surface area contributed by atoms with Crippen LogP contribution in [0.4, 0.5) is 18.9 Å². The average molecular weight is 488 g/mol. The minimum absolute atomic E-state index is 0.0806. The lowest BCUT2D eigenvalue weighted by Crippen LogP contribution is -2.35. The van der Waals surface area contributed by atoms with Crippen molar-refractivity contribution in [3.63, 3.8) is 0 Å². The maximum Gasteiger partial charge on any atom is 0.255 e. The fourth-order valence-corrected chi connectivity index (χ4v) is 6.35. The molecule has 172 valence electrons. The fourth-order valence-electron chi connectivity index (χ4n) is 3.93. The number of anilines is 1. The third-order valence-electron chi connectivity index (χ3n) is 5.71. The van der Waals surface area contributed by atoms with E-state index in [1.165, 1.54) is 12.1 Å². The van der Waals surface area contributed by atoms with E-state index in [-0.39, 0.29) is 52.5 Å². The molecule has 0 bridgehead atoms. The van der Waals surface area contributed by atoms with E-state index in [1.807, 2.05) is 6.92 Å². The molecular weight excluding hydrogens is 467 g/mol. The van der Waals surface area contributed by atoms with Crippen molar-refractivity contribution in [2.75, 3.05) is 11.9 Å². The summed E-state index contributed by atoms with van der Waals surface area (Å²) in [5.41, 5.74) is 0.178. The predicted molar refractivity (Wildman–Crippen MR) is 115 cm³/mol. The van der Waals surface area contributed by atoms with E-state index < -0.39 is 38.4 Å². The lowest BCUT2D eigenvalue weighted by molar-refractivity contribution is 0.102. The van der Waals surface area contributed by atoms with Crippen molar-refractivity contribution in [1.29, 1.82) is 0 Å². The van der Waals surface area contributed by atoms with Crippen LogP contribution in [0.3, 0.4) is 0 Å². The molecule has 2 N–H and O–H groups in total. The van der Waals surface area contributed by atoms with Gasteiger partial charge in [-0.15, -0.1) is 0 Å². The molecule has 2 aromatic carbocycles. The number of rotatable bonds is 5. The van der Waals surface area contributed by atoms with Crippen LogP contribution < -0.4 is 5.32 Å². The third-order valence-corrected chi connectivity index (χ3v) is 8.34. The first-order valence-electron chi connectivity index (χ1n) is 9.73. The van der Waals surface area contributed by atoms with E-state index in [4.69, 9.17) is 11.6 Å². The molecule has 0 spiro atoms. The highest BCUT2D eigenvalue weighted by atomic mass is 35.5. The van der Waals surface area contributed by atoms with Crippen molar-refractivity contribution in [3.8, 4) is 0 Å². The Hall–Kier alpha value is -2.36. The zero-order chi connectivity index (χ0) is 23.8. The van der Waals surface area contributed by atoms with Crippen LogP contribution in [0.15, 0.2) is 47.4 Å². The van der Waals surface area contributed by atoms with Crippen molar-refractivity contribution in [1.82, 2.24) is 0 Å². The lowest BCUT2D eigenvalue weighted by atomic mass is 9.77. The van der Waals surface area contributed by atoms with Crippen LogP contribution in [0, 0.1) is 29.3 Å². The summed E-state index contributed by atoms with van der Waals surface area (Å²) < 4.78 is 66.5. The number of nitrogens with one attached hydrogen (secondary N) is 1. The summed E-state index contributed by atoms with van der Waals surface area (Å²) in [6.07, 6.45) is 0.437. The zero-order valence-corrected chi connectivity index (χ0v) is 18.6. The van der Waals surface area contributed by atoms with Gasteiger partial charge in [0, 0.05) is 35.9 Å². The summed E-state index contributed by atoms with van der Waals surface area (Å²) in [6, 6.07) is 4.81. The molecule has 1 fully saturated rings. The van der Waals surface area contributed by atoms with Gasteiger partial charge in [-0.1, -0.05) is 30.7 Å². The van der Waals surface area contributed by atoms with Crippen LogP contribution in [0.25, 0.3) is 0 Å². The van der Waals surface area contributed by atoms with Gasteiger partial charge in [-0.3, -0.25) is 4.79 Å². The molecule has 5 nitrogen and oxygen atoms in total. The van der Waals surface area contributed by atoms with E-state index in [9.17, 15) is 31.5 Å². The molecule has 1 aliphatic rings. The van der Waals surface area contributed by atoms with Gasteiger partial charge in [0.2, 0.25) is 0 Å². The largest absolute Gasteiger partial charge is 0.396 e. The van der Waals surface area contributed by atoms with Gasteiger partial charge in [0.05, 0.1) is 15.2 Å². The molecule has 0 aliphatic heterocycles. The highest BCUT2D eigenvalue weighted by molar-refractivity contribution is 7.92. The Balaban J connectivity index is 1.90. The van der Waals surface area contributed by atoms with Crippen molar-refractivity contribution >= 4 is 33.0 Å². The summed E-state index contributed by atoms with van der Waals surface area (Å²) in [4.78, 5) is 12.3. The van der Waals surface area contributed by atoms with E-state index in [0.29, 0.717) is 17.7 Å². The topological polar surface area (TPSA) is 83.5 Å². The van der Waals surface area contributed by atoms with Gasteiger partial charge in [-0.25, -0.2) is 21.6 Å². The number of benzene rings is 2. The summed E-state index contributed by atoms with van der Waals surface area (Å²) in [6.45, 7) is 5.62. The second-order valence-electron chi connectivity index (χ2n) is 7.88. The molecule has 0 heterocycles. The van der Waals surface area contributed by atoms with Gasteiger partial charge in [0.25, 0.3) is 5.91 Å². The van der Waals surface area contributed by atoms with E-state index >= 15 is 0 Å². The molecule has 32 heavy (non-hydrogen) atoms. The molecule has 0 saturated heterocycles. The smallest absolute Gasteiger partial charge is 0.255 e. The minimum Gasteiger partial charge on any atom is -0.396 e. The summed E-state index contributed by atoms with van der Waals surface area (Å²) in [5, 5.41) is 10.8. The van der Waals surface area contributed by atoms with E-state index in [2.05, 4.69) is 11.9 Å². The van der Waals surface area contributed by atoms with Crippen molar-refractivity contribution in [2.24, 2.45) is 11.8 Å². The Kier molecular flexibility index (Phi) is 7.02. The first-order valence-corrected chi connectivity index (χ1v) is 11.7. The molecule has 1 amide bonds. The number of hydrogen-bond donors (Lipinski definition) is 2. The second kappa shape index (κ2) is 9.25. The number of halogens is 4. The van der Waals surface area contributed by atoms with Gasteiger partial charge in [-0.05, 0) is 37.0 Å². The van der Waals surface area contributed by atoms with Gasteiger partial charge in [-0.2, -0.15) is 0 Å². The highest BCUT2D eigenvalue weighted by Crippen LogP contribution is 2.39. The number of aliphatic hydroxyl groups excluding tert-OH is 1. The Morgan fingerprint density at radius 3 is 2.41 bits per heavy atom. The molecule has 2 aromatic rings. The minimum atomic E-state index is -3.96. The Bertz CT molecular complexity index is 1160. The van der Waals surface area contributed by atoms with Crippen LogP contribution in [0.2, 0.25) is 5.02 Å². The van der Waals surface area contributed by atoms with E-state index in [1.54, 1.807) is 0 Å². The first kappa shape index (κ1) is 24.3. The van der Waals surface area contributed by atoms with Crippen molar-refractivity contribution in [2.45, 2.75) is 29.9 Å². The molecule has 0 aromatic heterocycles. The molecule has 1 saturated carbocycles. The van der Waals surface area contributed by atoms with Crippen molar-refractivity contribution in [3.05, 3.63) is 70.5 Å². The molecule has 0 radical (unpaired) electrons. The molecule has 3 atom stereocenters. The maximum absolute atomic E-state index is 13.4. The number of amides is 1. The van der Waals surface area contributed by atoms with Crippen LogP contribution >= 0.6 is 11.6 Å². The Labute approximate surface area is 188 Å². The van der Waals surface area contributed by atoms with Gasteiger partial charge in [0.1, 0.15) is 0 Å². The second-order valence-corrected chi connectivity index (χ2v) is 10.5. The standard InChI is InChI=1S/C22H21ClF3NO4S/c1-11-5-15(6-12(2)16(11)10-28)32(30,31)20-7-13(3-4-17(20)23)22(29)27-14-8-18(24)21(26)19(25)9-14/h3-4,7-9,12,15-16,28H,1,5-6,10H2,2H3,(H,27,29)/t12?,15-,16-/m1/s1. The average Bonchev–Trinajstić information content (AvgIpc) is 2.71. The molecule has 3 rings (SSSR count). The monoisotopic (exact) mass is 487 g/mol. The van der Waals surface area contributed by atoms with Gasteiger partial charge >= 0.3 is 0 Å². The van der Waals surface area contributed by atoms with Crippen LogP contribution in [-0.4, -0.2) is 31.3 Å². The molecule has 10 heteroatoms. The Morgan fingerprint density at radius 1 is 1.22 bits per heavy atom. The SMILES string of the molecule is C=C1C[C@@H](S(=O)(=O)c2cc(C(=O)Nc3cc(F)c(F)c(F)c3)ccc2Cl)CC(C)[C@@H]1CO. The van der Waals surface area contributed by atoms with Gasteiger partial charge in [0.15, 0.2) is 27.3 Å². The number of carbonyl (C=O) groups is 1. The normalized spacial score (nSPS) is 21.4. The van der Waals surface area contributed by atoms with E-state index in [0.717, 1.165) is 6.07 Å².